The van der Waals surface area contributed by atoms with E-state index in [1.54, 1.807) is 0 Å². The van der Waals surface area contributed by atoms with Crippen molar-refractivity contribution in [3.05, 3.63) is 23.8 Å². The summed E-state index contributed by atoms with van der Waals surface area (Å²) in [4.78, 5) is 0. The van der Waals surface area contributed by atoms with Crippen molar-refractivity contribution in [2.45, 2.75) is 12.4 Å². The van der Waals surface area contributed by atoms with Gasteiger partial charge in [-0.3, -0.25) is 4.55 Å². The number of furan rings is 2. The minimum atomic E-state index is -3.98. The second kappa shape index (κ2) is 3.67. The van der Waals surface area contributed by atoms with Gasteiger partial charge in [0.05, 0.1) is 12.4 Å². The number of benzene rings is 1. The number of fused-ring (bicyclic) bond motifs is 2. The third-order valence-electron chi connectivity index (χ3n) is 2.59. The molecular formula is C10H10O6S. The molecule has 2 aromatic heterocycles. The van der Waals surface area contributed by atoms with Gasteiger partial charge in [0.25, 0.3) is 10.1 Å². The maximum absolute atomic E-state index is 10.5. The standard InChI is InChI=1S/C10H10O6S/c11-17(12,13)4-3-14-10-9(16-10)7-5-6-1-2-8(7)15-6/h1-2,5,9-10H,3-4H2,(H,11,12,13). The Hall–Kier alpha value is -1.15. The van der Waals surface area contributed by atoms with Crippen LogP contribution in [0.2, 0.25) is 0 Å². The summed E-state index contributed by atoms with van der Waals surface area (Å²) in [5.41, 5.74) is 2.45. The highest BCUT2D eigenvalue weighted by atomic mass is 32.2. The molecule has 17 heavy (non-hydrogen) atoms. The Kier molecular flexibility index (Phi) is 2.37. The molecule has 3 rings (SSSR count). The van der Waals surface area contributed by atoms with E-state index in [-0.39, 0.29) is 12.7 Å². The topological polar surface area (TPSA) is 89.3 Å². The second-order valence-electron chi connectivity index (χ2n) is 3.88. The van der Waals surface area contributed by atoms with Crippen LogP contribution in [0.15, 0.2) is 22.6 Å². The summed E-state index contributed by atoms with van der Waals surface area (Å²) in [6.45, 7) is -0.0874. The fraction of sp³-hybridized carbons (Fsp3) is 0.400. The Morgan fingerprint density at radius 2 is 2.24 bits per heavy atom. The molecule has 1 aliphatic rings. The molecule has 0 aromatic carbocycles. The molecule has 0 aliphatic carbocycles. The molecule has 6 nitrogen and oxygen atoms in total. The highest BCUT2D eigenvalue weighted by Crippen LogP contribution is 2.43. The lowest BCUT2D eigenvalue weighted by atomic mass is 10.2. The van der Waals surface area contributed by atoms with Gasteiger partial charge in [-0.15, -0.1) is 0 Å². The maximum Gasteiger partial charge on any atom is 0.267 e. The summed E-state index contributed by atoms with van der Waals surface area (Å²) in [6.07, 6.45) is -0.652. The zero-order valence-corrected chi connectivity index (χ0v) is 9.51. The number of ether oxygens (including phenoxy) is 2. The molecule has 3 heterocycles. The van der Waals surface area contributed by atoms with Gasteiger partial charge in [-0.05, 0) is 18.2 Å². The molecule has 1 N–H and O–H groups in total. The van der Waals surface area contributed by atoms with Crippen LogP contribution in [-0.2, 0) is 19.6 Å². The average molecular weight is 258 g/mol. The highest BCUT2D eigenvalue weighted by molar-refractivity contribution is 7.85. The van der Waals surface area contributed by atoms with Gasteiger partial charge < -0.3 is 13.9 Å². The minimum Gasteiger partial charge on any atom is -0.457 e. The van der Waals surface area contributed by atoms with Crippen LogP contribution < -0.4 is 0 Å². The van der Waals surface area contributed by atoms with Crippen molar-refractivity contribution in [1.82, 2.24) is 0 Å². The van der Waals surface area contributed by atoms with Crippen LogP contribution in [0.5, 0.6) is 0 Å². The molecule has 2 aromatic rings. The molecule has 92 valence electrons. The first-order valence-electron chi connectivity index (χ1n) is 5.07. The Bertz CT molecular complexity index is 615. The van der Waals surface area contributed by atoms with Crippen LogP contribution in [0.25, 0.3) is 11.2 Å². The van der Waals surface area contributed by atoms with Gasteiger partial charge in [-0.1, -0.05) is 0 Å². The van der Waals surface area contributed by atoms with Crippen LogP contribution >= 0.6 is 0 Å². The van der Waals surface area contributed by atoms with Crippen molar-refractivity contribution in [3.63, 3.8) is 0 Å². The van der Waals surface area contributed by atoms with E-state index < -0.39 is 22.2 Å². The first-order chi connectivity index (χ1) is 8.03. The Labute approximate surface area is 97.2 Å². The molecule has 0 spiro atoms. The first-order valence-corrected chi connectivity index (χ1v) is 6.68. The van der Waals surface area contributed by atoms with E-state index in [0.717, 1.165) is 16.7 Å². The third-order valence-corrected chi connectivity index (χ3v) is 3.27. The van der Waals surface area contributed by atoms with Gasteiger partial charge >= 0.3 is 0 Å². The number of epoxide rings is 1. The lowest BCUT2D eigenvalue weighted by Gasteiger charge is -1.97. The molecular weight excluding hydrogens is 248 g/mol. The largest absolute Gasteiger partial charge is 0.457 e. The smallest absolute Gasteiger partial charge is 0.267 e. The van der Waals surface area contributed by atoms with Gasteiger partial charge in [-0.2, -0.15) is 8.42 Å². The van der Waals surface area contributed by atoms with E-state index in [4.69, 9.17) is 18.4 Å². The van der Waals surface area contributed by atoms with Gasteiger partial charge in [-0.25, -0.2) is 0 Å². The molecule has 2 unspecified atom stereocenters. The van der Waals surface area contributed by atoms with Crippen LogP contribution in [0.1, 0.15) is 11.7 Å². The maximum atomic E-state index is 10.5. The first kappa shape index (κ1) is 11.0. The van der Waals surface area contributed by atoms with Crippen LogP contribution in [0, 0.1) is 0 Å². The van der Waals surface area contributed by atoms with Crippen LogP contribution in [-0.4, -0.2) is 31.6 Å². The normalized spacial score (nSPS) is 24.5. The SMILES string of the molecule is O=S(=O)(O)CCOC1OC1c1cc2ccc1o2. The zero-order valence-electron chi connectivity index (χ0n) is 8.70. The number of hydrogen-bond donors (Lipinski definition) is 1. The summed E-state index contributed by atoms with van der Waals surface area (Å²) < 4.78 is 45.2. The molecule has 7 heteroatoms. The summed E-state index contributed by atoms with van der Waals surface area (Å²) in [7, 11) is -3.98. The van der Waals surface area contributed by atoms with E-state index in [1.807, 2.05) is 18.2 Å². The van der Waals surface area contributed by atoms with Gasteiger partial charge in [0.2, 0.25) is 0 Å². The van der Waals surface area contributed by atoms with E-state index in [0.29, 0.717) is 0 Å². The number of hydrogen-bond acceptors (Lipinski definition) is 5. The van der Waals surface area contributed by atoms with Crippen molar-refractivity contribution >= 4 is 21.3 Å². The Morgan fingerprint density at radius 3 is 2.82 bits per heavy atom. The summed E-state index contributed by atoms with van der Waals surface area (Å²) >= 11 is 0. The Morgan fingerprint density at radius 1 is 1.41 bits per heavy atom. The van der Waals surface area contributed by atoms with Crippen molar-refractivity contribution < 1.29 is 26.9 Å². The summed E-state index contributed by atoms with van der Waals surface area (Å²) in [5, 5.41) is 0. The molecule has 0 saturated carbocycles. The van der Waals surface area contributed by atoms with Gasteiger partial charge in [0.1, 0.15) is 17.3 Å². The lowest BCUT2D eigenvalue weighted by molar-refractivity contribution is 0.0599. The molecule has 2 bridgehead atoms. The highest BCUT2D eigenvalue weighted by Gasteiger charge is 2.43. The molecule has 0 radical (unpaired) electrons. The van der Waals surface area contributed by atoms with Crippen LogP contribution in [0.3, 0.4) is 0 Å². The minimum absolute atomic E-state index is 0.0874. The monoisotopic (exact) mass is 258 g/mol. The van der Waals surface area contributed by atoms with Crippen molar-refractivity contribution in [2.24, 2.45) is 0 Å². The average Bonchev–Trinajstić information content (AvgIpc) is 2.70. The lowest BCUT2D eigenvalue weighted by Crippen LogP contribution is -2.12. The third kappa shape index (κ3) is 2.27. The number of rotatable bonds is 5. The second-order valence-corrected chi connectivity index (χ2v) is 5.46. The molecule has 2 atom stereocenters. The molecule has 0 amide bonds. The van der Waals surface area contributed by atoms with E-state index in [2.05, 4.69) is 0 Å². The van der Waals surface area contributed by atoms with Gasteiger partial charge in [0, 0.05) is 5.56 Å². The van der Waals surface area contributed by atoms with Crippen molar-refractivity contribution in [1.29, 1.82) is 0 Å². The molecule has 1 aliphatic heterocycles. The fourth-order valence-electron chi connectivity index (χ4n) is 1.75. The zero-order chi connectivity index (χ0) is 12.0. The van der Waals surface area contributed by atoms with E-state index >= 15 is 0 Å². The van der Waals surface area contributed by atoms with Gasteiger partial charge in [0.15, 0.2) is 6.29 Å². The van der Waals surface area contributed by atoms with Crippen LogP contribution in [0.4, 0.5) is 0 Å². The summed E-state index contributed by atoms with van der Waals surface area (Å²) in [5.74, 6) is -0.428. The fourth-order valence-corrected chi connectivity index (χ4v) is 2.05. The quantitative estimate of drug-likeness (QED) is 0.639. The summed E-state index contributed by atoms with van der Waals surface area (Å²) in [6, 6.07) is 5.57. The Balaban J connectivity index is 1.55. The predicted octanol–water partition coefficient (Wildman–Crippen LogP) is 1.17. The molecule has 1 fully saturated rings. The van der Waals surface area contributed by atoms with Crippen molar-refractivity contribution in [3.8, 4) is 0 Å². The predicted molar refractivity (Wildman–Crippen MR) is 57.4 cm³/mol. The van der Waals surface area contributed by atoms with Crippen molar-refractivity contribution in [2.75, 3.05) is 12.4 Å². The molecule has 1 saturated heterocycles. The van der Waals surface area contributed by atoms with E-state index in [1.165, 1.54) is 0 Å². The van der Waals surface area contributed by atoms with E-state index in [9.17, 15) is 8.42 Å².